The maximum absolute atomic E-state index is 13.2. The number of furan rings is 1. The van der Waals surface area contributed by atoms with E-state index in [9.17, 15) is 19.5 Å². The number of ether oxygens (including phenoxy) is 1. The molecule has 0 saturated carbocycles. The largest absolute Gasteiger partial charge is 0.480 e. The number of carbonyl (C=O) groups excluding carboxylic acids is 2. The van der Waals surface area contributed by atoms with Crippen molar-refractivity contribution in [1.82, 2.24) is 9.80 Å². The summed E-state index contributed by atoms with van der Waals surface area (Å²) < 4.78 is 10.8. The third-order valence-electron chi connectivity index (χ3n) is 5.52. The second kappa shape index (κ2) is 7.27. The Balaban J connectivity index is 1.73. The second-order valence-electron chi connectivity index (χ2n) is 7.59. The number of benzene rings is 1. The van der Waals surface area contributed by atoms with Crippen molar-refractivity contribution in [2.24, 2.45) is 5.92 Å². The Hall–Kier alpha value is -3.29. The van der Waals surface area contributed by atoms with E-state index >= 15 is 0 Å². The third kappa shape index (κ3) is 3.04. The molecule has 2 aliphatic rings. The van der Waals surface area contributed by atoms with Gasteiger partial charge in [-0.3, -0.25) is 9.69 Å². The number of β-lactam (4-membered cyclic amide) rings is 1. The molecule has 29 heavy (non-hydrogen) atoms. The Kier molecular flexibility index (Phi) is 4.77. The standard InChI is InChI=1S/C21H22N2O6/c1-12(2)16(20(25)26)23-17(15-9-6-10-28-15)18(19(23)24)22-14(11-29-21(22)27)13-7-4-3-5-8-13/h3-10,12,14,16-18H,11H2,1-2H3,(H,25,26)/t14-,16+,17+,18-/m1/s1. The number of hydrogen-bond donors (Lipinski definition) is 1. The molecule has 2 aromatic rings. The molecule has 3 heterocycles. The molecule has 2 aliphatic heterocycles. The molecule has 152 valence electrons. The molecule has 0 aliphatic carbocycles. The summed E-state index contributed by atoms with van der Waals surface area (Å²) in [4.78, 5) is 40.4. The highest BCUT2D eigenvalue weighted by Crippen LogP contribution is 2.45. The van der Waals surface area contributed by atoms with E-state index in [1.165, 1.54) is 16.1 Å². The van der Waals surface area contributed by atoms with E-state index in [0.717, 1.165) is 5.56 Å². The Morgan fingerprint density at radius 3 is 2.41 bits per heavy atom. The summed E-state index contributed by atoms with van der Waals surface area (Å²) in [6.45, 7) is 3.62. The van der Waals surface area contributed by atoms with E-state index in [4.69, 9.17) is 9.15 Å². The lowest BCUT2D eigenvalue weighted by atomic mass is 9.85. The molecule has 0 bridgehead atoms. The molecule has 0 unspecified atom stereocenters. The van der Waals surface area contributed by atoms with Crippen LogP contribution in [-0.4, -0.2) is 51.6 Å². The fourth-order valence-corrected chi connectivity index (χ4v) is 4.23. The summed E-state index contributed by atoms with van der Waals surface area (Å²) in [5.41, 5.74) is 0.849. The number of amides is 2. The summed E-state index contributed by atoms with van der Waals surface area (Å²) >= 11 is 0. The van der Waals surface area contributed by atoms with E-state index in [2.05, 4.69) is 0 Å². The molecule has 0 radical (unpaired) electrons. The molecule has 8 heteroatoms. The van der Waals surface area contributed by atoms with Gasteiger partial charge in [-0.25, -0.2) is 9.59 Å². The van der Waals surface area contributed by atoms with Crippen molar-refractivity contribution in [3.63, 3.8) is 0 Å². The van der Waals surface area contributed by atoms with E-state index in [1.807, 2.05) is 30.3 Å². The Morgan fingerprint density at radius 2 is 1.83 bits per heavy atom. The minimum absolute atomic E-state index is 0.129. The molecule has 2 saturated heterocycles. The molecular weight excluding hydrogens is 376 g/mol. The van der Waals surface area contributed by atoms with Gasteiger partial charge in [0.15, 0.2) is 0 Å². The van der Waals surface area contributed by atoms with Crippen molar-refractivity contribution in [3.05, 3.63) is 60.1 Å². The van der Waals surface area contributed by atoms with Crippen molar-refractivity contribution in [1.29, 1.82) is 0 Å². The van der Waals surface area contributed by atoms with Gasteiger partial charge in [-0.05, 0) is 23.6 Å². The van der Waals surface area contributed by atoms with Crippen LogP contribution in [0.4, 0.5) is 4.79 Å². The van der Waals surface area contributed by atoms with Gasteiger partial charge in [-0.2, -0.15) is 0 Å². The number of cyclic esters (lactones) is 1. The lowest BCUT2D eigenvalue weighted by molar-refractivity contribution is -0.175. The topological polar surface area (TPSA) is 100 Å². The lowest BCUT2D eigenvalue weighted by Gasteiger charge is -2.52. The number of hydrogen-bond acceptors (Lipinski definition) is 5. The fourth-order valence-electron chi connectivity index (χ4n) is 4.23. The van der Waals surface area contributed by atoms with Gasteiger partial charge in [0.1, 0.15) is 30.5 Å². The van der Waals surface area contributed by atoms with E-state index < -0.39 is 42.1 Å². The Bertz CT molecular complexity index is 911. The molecule has 1 aromatic heterocycles. The zero-order valence-electron chi connectivity index (χ0n) is 16.1. The van der Waals surface area contributed by atoms with Gasteiger partial charge >= 0.3 is 12.1 Å². The molecule has 1 N–H and O–H groups in total. The molecule has 4 atom stereocenters. The zero-order chi connectivity index (χ0) is 20.7. The first-order chi connectivity index (χ1) is 13.9. The Morgan fingerprint density at radius 1 is 1.10 bits per heavy atom. The highest BCUT2D eigenvalue weighted by molar-refractivity contribution is 5.96. The van der Waals surface area contributed by atoms with Gasteiger partial charge in [0.2, 0.25) is 5.91 Å². The normalized spacial score (nSPS) is 25.1. The number of carboxylic acid groups (broad SMARTS) is 1. The average Bonchev–Trinajstić information content (AvgIpc) is 3.34. The summed E-state index contributed by atoms with van der Waals surface area (Å²) in [5.74, 6) is -1.39. The number of likely N-dealkylation sites (tertiary alicyclic amines) is 1. The van der Waals surface area contributed by atoms with E-state index in [0.29, 0.717) is 5.76 Å². The molecule has 4 rings (SSSR count). The second-order valence-corrected chi connectivity index (χ2v) is 7.59. The first-order valence-corrected chi connectivity index (χ1v) is 9.50. The highest BCUT2D eigenvalue weighted by Gasteiger charge is 2.60. The number of carboxylic acids is 1. The predicted octanol–water partition coefficient (Wildman–Crippen LogP) is 2.83. The van der Waals surface area contributed by atoms with Crippen molar-refractivity contribution >= 4 is 18.0 Å². The monoisotopic (exact) mass is 398 g/mol. The van der Waals surface area contributed by atoms with Crippen LogP contribution >= 0.6 is 0 Å². The quantitative estimate of drug-likeness (QED) is 0.751. The SMILES string of the molecule is CC(C)[C@@H](C(=O)O)N1C(=O)[C@H](N2C(=O)OC[C@@H]2c2ccccc2)[C@@H]1c1ccco1. The first-order valence-electron chi connectivity index (χ1n) is 9.50. The first kappa shape index (κ1) is 19.0. The van der Waals surface area contributed by atoms with Gasteiger partial charge in [0.25, 0.3) is 0 Å². The van der Waals surface area contributed by atoms with Gasteiger partial charge in [0, 0.05) is 0 Å². The van der Waals surface area contributed by atoms with Crippen molar-refractivity contribution in [3.8, 4) is 0 Å². The van der Waals surface area contributed by atoms with Crippen molar-refractivity contribution in [2.45, 2.75) is 38.0 Å². The van der Waals surface area contributed by atoms with Crippen LogP contribution in [0.5, 0.6) is 0 Å². The summed E-state index contributed by atoms with van der Waals surface area (Å²) in [6, 6.07) is 9.65. The minimum Gasteiger partial charge on any atom is -0.480 e. The number of nitrogens with zero attached hydrogens (tertiary/aromatic N) is 2. The van der Waals surface area contributed by atoms with Crippen LogP contribution in [0.3, 0.4) is 0 Å². The van der Waals surface area contributed by atoms with Crippen LogP contribution in [0.15, 0.2) is 53.1 Å². The lowest BCUT2D eigenvalue weighted by Crippen LogP contribution is -2.70. The molecule has 0 spiro atoms. The summed E-state index contributed by atoms with van der Waals surface area (Å²) in [5, 5.41) is 9.72. The molecule has 8 nitrogen and oxygen atoms in total. The smallest absolute Gasteiger partial charge is 0.411 e. The molecule has 1 aromatic carbocycles. The molecular formula is C21H22N2O6. The van der Waals surface area contributed by atoms with Crippen LogP contribution < -0.4 is 0 Å². The van der Waals surface area contributed by atoms with Gasteiger partial charge in [-0.1, -0.05) is 44.2 Å². The van der Waals surface area contributed by atoms with Crippen molar-refractivity contribution in [2.75, 3.05) is 6.61 Å². The highest BCUT2D eigenvalue weighted by atomic mass is 16.6. The van der Waals surface area contributed by atoms with E-state index in [-0.39, 0.29) is 12.5 Å². The zero-order valence-corrected chi connectivity index (χ0v) is 16.1. The van der Waals surface area contributed by atoms with Crippen LogP contribution in [0.2, 0.25) is 0 Å². The number of carbonyl (C=O) groups is 3. The fraction of sp³-hybridized carbons (Fsp3) is 0.381. The van der Waals surface area contributed by atoms with Crippen LogP contribution in [0, 0.1) is 5.92 Å². The molecule has 2 amide bonds. The maximum atomic E-state index is 13.2. The van der Waals surface area contributed by atoms with Crippen LogP contribution in [-0.2, 0) is 14.3 Å². The summed E-state index contributed by atoms with van der Waals surface area (Å²) in [7, 11) is 0. The van der Waals surface area contributed by atoms with Gasteiger partial charge < -0.3 is 19.2 Å². The average molecular weight is 398 g/mol. The predicted molar refractivity (Wildman–Crippen MR) is 101 cm³/mol. The van der Waals surface area contributed by atoms with Gasteiger partial charge in [-0.15, -0.1) is 0 Å². The Labute approximate surface area is 167 Å². The maximum Gasteiger partial charge on any atom is 0.411 e. The number of aliphatic carboxylic acids is 1. The van der Waals surface area contributed by atoms with Crippen LogP contribution in [0.25, 0.3) is 0 Å². The van der Waals surface area contributed by atoms with Crippen LogP contribution in [0.1, 0.15) is 37.3 Å². The number of rotatable bonds is 6. The summed E-state index contributed by atoms with van der Waals surface area (Å²) in [6.07, 6.45) is 0.875. The minimum atomic E-state index is -1.09. The third-order valence-corrected chi connectivity index (χ3v) is 5.52. The van der Waals surface area contributed by atoms with Crippen molar-refractivity contribution < 1.29 is 28.6 Å². The molecule has 2 fully saturated rings. The van der Waals surface area contributed by atoms with Gasteiger partial charge in [0.05, 0.1) is 12.3 Å². The van der Waals surface area contributed by atoms with E-state index in [1.54, 1.807) is 26.0 Å².